The van der Waals surface area contributed by atoms with Crippen LogP contribution in [0.25, 0.3) is 0 Å². The van der Waals surface area contributed by atoms with Gasteiger partial charge in [0.2, 0.25) is 0 Å². The summed E-state index contributed by atoms with van der Waals surface area (Å²) >= 11 is 0. The lowest BCUT2D eigenvalue weighted by Crippen LogP contribution is -2.30. The van der Waals surface area contributed by atoms with E-state index in [0.29, 0.717) is 12.1 Å². The van der Waals surface area contributed by atoms with Crippen LogP contribution in [0.5, 0.6) is 0 Å². The molecule has 0 saturated heterocycles. The summed E-state index contributed by atoms with van der Waals surface area (Å²) in [4.78, 5) is 13.2. The molecule has 1 heterocycles. The predicted molar refractivity (Wildman–Crippen MR) is 50.4 cm³/mol. The second-order valence-electron chi connectivity index (χ2n) is 2.88. The van der Waals surface area contributed by atoms with Gasteiger partial charge in [-0.2, -0.15) is 10.4 Å². The normalized spacial score (nSPS) is 9.50. The molecule has 0 aliphatic rings. The van der Waals surface area contributed by atoms with E-state index >= 15 is 0 Å². The van der Waals surface area contributed by atoms with Crippen LogP contribution in [0.4, 0.5) is 0 Å². The Morgan fingerprint density at radius 3 is 2.93 bits per heavy atom. The van der Waals surface area contributed by atoms with Crippen molar-refractivity contribution in [3.8, 4) is 6.07 Å². The quantitative estimate of drug-likeness (QED) is 0.651. The van der Waals surface area contributed by atoms with Crippen molar-refractivity contribution in [3.63, 3.8) is 0 Å². The van der Waals surface area contributed by atoms with E-state index in [0.717, 1.165) is 0 Å². The molecule has 0 aliphatic carbocycles. The van der Waals surface area contributed by atoms with Gasteiger partial charge in [0.05, 0.1) is 17.8 Å². The average molecular weight is 192 g/mol. The first-order valence-electron chi connectivity index (χ1n) is 4.34. The molecule has 0 fully saturated rings. The molecule has 0 aliphatic heterocycles. The minimum absolute atomic E-state index is 0.115. The molecule has 0 unspecified atom stereocenters. The van der Waals surface area contributed by atoms with E-state index in [9.17, 15) is 4.79 Å². The molecule has 14 heavy (non-hydrogen) atoms. The maximum absolute atomic E-state index is 11.7. The van der Waals surface area contributed by atoms with Crippen molar-refractivity contribution in [2.24, 2.45) is 7.05 Å². The third-order valence-corrected chi connectivity index (χ3v) is 1.88. The fourth-order valence-corrected chi connectivity index (χ4v) is 1.13. The summed E-state index contributed by atoms with van der Waals surface area (Å²) in [6.07, 6.45) is 3.14. The van der Waals surface area contributed by atoms with Gasteiger partial charge in [-0.05, 0) is 6.92 Å². The molecule has 0 radical (unpaired) electrons. The van der Waals surface area contributed by atoms with E-state index in [1.807, 2.05) is 13.0 Å². The largest absolute Gasteiger partial charge is 0.326 e. The minimum atomic E-state index is -0.151. The van der Waals surface area contributed by atoms with Crippen molar-refractivity contribution in [2.45, 2.75) is 6.92 Å². The highest BCUT2D eigenvalue weighted by molar-refractivity contribution is 5.93. The number of nitriles is 1. The molecule has 0 spiro atoms. The van der Waals surface area contributed by atoms with Crippen molar-refractivity contribution in [3.05, 3.63) is 18.0 Å². The van der Waals surface area contributed by atoms with Crippen LogP contribution in [0.15, 0.2) is 12.4 Å². The van der Waals surface area contributed by atoms with E-state index in [1.54, 1.807) is 17.9 Å². The molecular formula is C9H12N4O. The van der Waals surface area contributed by atoms with Crippen molar-refractivity contribution in [1.29, 1.82) is 5.26 Å². The lowest BCUT2D eigenvalue weighted by molar-refractivity contribution is 0.0784. The Morgan fingerprint density at radius 1 is 1.79 bits per heavy atom. The Balaban J connectivity index is 2.78. The van der Waals surface area contributed by atoms with Crippen LogP contribution >= 0.6 is 0 Å². The third kappa shape index (κ3) is 2.10. The number of amides is 1. The maximum Gasteiger partial charge on any atom is 0.257 e. The number of carbonyl (C=O) groups excluding carboxylic acids is 1. The molecule has 5 nitrogen and oxygen atoms in total. The lowest BCUT2D eigenvalue weighted by Gasteiger charge is -2.15. The van der Waals surface area contributed by atoms with Crippen LogP contribution < -0.4 is 0 Å². The number of nitrogens with zero attached hydrogens (tertiary/aromatic N) is 4. The van der Waals surface area contributed by atoms with Crippen LogP contribution in [0, 0.1) is 11.3 Å². The number of aromatic nitrogens is 2. The van der Waals surface area contributed by atoms with Crippen molar-refractivity contribution in [1.82, 2.24) is 14.7 Å². The summed E-state index contributed by atoms with van der Waals surface area (Å²) in [5.41, 5.74) is 0.518. The molecule has 0 saturated carbocycles. The Morgan fingerprint density at radius 2 is 2.50 bits per heavy atom. The fraction of sp³-hybridized carbons (Fsp3) is 0.444. The Labute approximate surface area is 82.5 Å². The fourth-order valence-electron chi connectivity index (χ4n) is 1.13. The zero-order chi connectivity index (χ0) is 10.6. The van der Waals surface area contributed by atoms with E-state index < -0.39 is 0 Å². The third-order valence-electron chi connectivity index (χ3n) is 1.88. The number of hydrogen-bond acceptors (Lipinski definition) is 3. The van der Waals surface area contributed by atoms with Gasteiger partial charge >= 0.3 is 0 Å². The van der Waals surface area contributed by atoms with Gasteiger partial charge in [-0.1, -0.05) is 0 Å². The van der Waals surface area contributed by atoms with Crippen LogP contribution in [-0.4, -0.2) is 33.7 Å². The minimum Gasteiger partial charge on any atom is -0.326 e. The van der Waals surface area contributed by atoms with E-state index in [4.69, 9.17) is 5.26 Å². The van der Waals surface area contributed by atoms with Gasteiger partial charge in [-0.25, -0.2) is 0 Å². The molecule has 1 amide bonds. The molecular weight excluding hydrogens is 180 g/mol. The Bertz CT molecular complexity index is 363. The standard InChI is InChI=1S/C9H12N4O/c1-3-13(5-4-10)9(14)8-6-11-12(2)7-8/h6-7H,3,5H2,1-2H3. The molecule has 74 valence electrons. The van der Waals surface area contributed by atoms with Gasteiger partial charge in [0.1, 0.15) is 6.54 Å². The highest BCUT2D eigenvalue weighted by Gasteiger charge is 2.14. The average Bonchev–Trinajstić information content (AvgIpc) is 2.60. The first kappa shape index (κ1) is 10.3. The Kier molecular flexibility index (Phi) is 3.24. The number of hydrogen-bond donors (Lipinski definition) is 0. The monoisotopic (exact) mass is 192 g/mol. The van der Waals surface area contributed by atoms with Crippen LogP contribution in [0.1, 0.15) is 17.3 Å². The van der Waals surface area contributed by atoms with Gasteiger partial charge in [-0.3, -0.25) is 9.48 Å². The summed E-state index contributed by atoms with van der Waals surface area (Å²) in [6.45, 7) is 2.48. The SMILES string of the molecule is CCN(CC#N)C(=O)c1cnn(C)c1. The summed E-state index contributed by atoms with van der Waals surface area (Å²) in [5, 5.41) is 12.4. The van der Waals surface area contributed by atoms with Gasteiger partial charge < -0.3 is 4.90 Å². The summed E-state index contributed by atoms with van der Waals surface area (Å²) in [6, 6.07) is 1.95. The van der Waals surface area contributed by atoms with E-state index in [-0.39, 0.29) is 12.5 Å². The zero-order valence-corrected chi connectivity index (χ0v) is 8.27. The van der Waals surface area contributed by atoms with Crippen molar-refractivity contribution >= 4 is 5.91 Å². The molecule has 1 aromatic rings. The summed E-state index contributed by atoms with van der Waals surface area (Å²) < 4.78 is 1.56. The molecule has 1 rings (SSSR count). The van der Waals surface area contributed by atoms with Crippen LogP contribution in [0.3, 0.4) is 0 Å². The second-order valence-corrected chi connectivity index (χ2v) is 2.88. The summed E-state index contributed by atoms with van der Waals surface area (Å²) in [5.74, 6) is -0.151. The van der Waals surface area contributed by atoms with E-state index in [1.165, 1.54) is 11.1 Å². The number of carbonyl (C=O) groups is 1. The Hall–Kier alpha value is -1.83. The van der Waals surface area contributed by atoms with Gasteiger partial charge in [0.25, 0.3) is 5.91 Å². The molecule has 1 aromatic heterocycles. The number of rotatable bonds is 3. The number of aryl methyl sites for hydroxylation is 1. The molecule has 0 bridgehead atoms. The lowest BCUT2D eigenvalue weighted by atomic mass is 10.3. The first-order chi connectivity index (χ1) is 6.69. The van der Waals surface area contributed by atoms with Gasteiger partial charge in [0, 0.05) is 19.8 Å². The highest BCUT2D eigenvalue weighted by atomic mass is 16.2. The van der Waals surface area contributed by atoms with Gasteiger partial charge in [0.15, 0.2) is 0 Å². The van der Waals surface area contributed by atoms with E-state index in [2.05, 4.69) is 5.10 Å². The smallest absolute Gasteiger partial charge is 0.257 e. The zero-order valence-electron chi connectivity index (χ0n) is 8.27. The molecule has 0 N–H and O–H groups in total. The second kappa shape index (κ2) is 4.42. The van der Waals surface area contributed by atoms with Crippen molar-refractivity contribution in [2.75, 3.05) is 13.1 Å². The van der Waals surface area contributed by atoms with Gasteiger partial charge in [-0.15, -0.1) is 0 Å². The molecule has 5 heteroatoms. The maximum atomic E-state index is 11.7. The van der Waals surface area contributed by atoms with Crippen LogP contribution in [0.2, 0.25) is 0 Å². The summed E-state index contributed by atoms with van der Waals surface area (Å²) in [7, 11) is 1.75. The van der Waals surface area contributed by atoms with Crippen molar-refractivity contribution < 1.29 is 4.79 Å². The molecule has 0 aromatic carbocycles. The molecule has 0 atom stereocenters. The predicted octanol–water partition coefficient (Wildman–Crippen LogP) is 0.406. The highest BCUT2D eigenvalue weighted by Crippen LogP contribution is 2.02. The first-order valence-corrected chi connectivity index (χ1v) is 4.34. The topological polar surface area (TPSA) is 61.9 Å². The van der Waals surface area contributed by atoms with Crippen LogP contribution in [-0.2, 0) is 7.05 Å².